The van der Waals surface area contributed by atoms with Gasteiger partial charge in [-0.1, -0.05) is 30.4 Å². The molecule has 2 aromatic heterocycles. The molecule has 1 aromatic carbocycles. The minimum atomic E-state index is -0.257. The summed E-state index contributed by atoms with van der Waals surface area (Å²) in [5.74, 6) is -0.257. The van der Waals surface area contributed by atoms with Crippen molar-refractivity contribution in [3.63, 3.8) is 0 Å². The number of nitrogens with zero attached hydrogens (tertiary/aromatic N) is 5. The van der Waals surface area contributed by atoms with E-state index in [9.17, 15) is 9.59 Å². The molecule has 0 radical (unpaired) electrons. The number of aryl methyl sites for hydroxylation is 2. The van der Waals surface area contributed by atoms with Gasteiger partial charge < -0.3 is 15.1 Å². The van der Waals surface area contributed by atoms with Gasteiger partial charge >= 0.3 is 0 Å². The normalized spacial score (nSPS) is 15.0. The van der Waals surface area contributed by atoms with Gasteiger partial charge in [0.25, 0.3) is 5.56 Å². The number of carbonyl (C=O) groups excluding carboxylic acids is 1. The van der Waals surface area contributed by atoms with Crippen LogP contribution in [0, 0.1) is 13.8 Å². The number of fused-ring (bicyclic) bond motifs is 1. The van der Waals surface area contributed by atoms with Crippen LogP contribution >= 0.6 is 11.3 Å². The van der Waals surface area contributed by atoms with Crippen molar-refractivity contribution >= 4 is 38.4 Å². The number of rotatable bonds is 5. The van der Waals surface area contributed by atoms with Crippen LogP contribution in [0.5, 0.6) is 0 Å². The Hall–Kier alpha value is -2.78. The maximum Gasteiger partial charge on any atom is 0.273 e. The Kier molecular flexibility index (Phi) is 5.83. The second-order valence-corrected chi connectivity index (χ2v) is 8.59. The van der Waals surface area contributed by atoms with Gasteiger partial charge in [-0.15, -0.1) is 0 Å². The molecule has 0 aliphatic carbocycles. The van der Waals surface area contributed by atoms with E-state index in [4.69, 9.17) is 0 Å². The largest absolute Gasteiger partial charge is 0.345 e. The third-order valence-corrected chi connectivity index (χ3v) is 6.54. The van der Waals surface area contributed by atoms with Crippen LogP contribution in [-0.4, -0.2) is 58.1 Å². The van der Waals surface area contributed by atoms with E-state index in [1.807, 2.05) is 32.0 Å². The molecule has 8 nitrogen and oxygen atoms in total. The molecule has 158 valence electrons. The molecular weight excluding hydrogens is 400 g/mol. The first kappa shape index (κ1) is 20.5. The lowest BCUT2D eigenvalue weighted by Gasteiger charge is -2.33. The highest BCUT2D eigenvalue weighted by molar-refractivity contribution is 7.22. The molecule has 9 heteroatoms. The zero-order chi connectivity index (χ0) is 21.3. The van der Waals surface area contributed by atoms with Crippen molar-refractivity contribution in [1.29, 1.82) is 0 Å². The van der Waals surface area contributed by atoms with Crippen LogP contribution in [0.1, 0.15) is 18.1 Å². The second-order valence-electron chi connectivity index (χ2n) is 7.61. The van der Waals surface area contributed by atoms with Crippen LogP contribution in [0.15, 0.2) is 29.3 Å². The van der Waals surface area contributed by atoms with Gasteiger partial charge in [0.1, 0.15) is 17.6 Å². The van der Waals surface area contributed by atoms with E-state index in [0.29, 0.717) is 10.3 Å². The summed E-state index contributed by atoms with van der Waals surface area (Å²) in [5, 5.41) is 3.71. The van der Waals surface area contributed by atoms with Crippen molar-refractivity contribution in [2.75, 3.05) is 42.9 Å². The highest BCUT2D eigenvalue weighted by Gasteiger charge is 2.21. The van der Waals surface area contributed by atoms with E-state index >= 15 is 0 Å². The van der Waals surface area contributed by atoms with Gasteiger partial charge in [-0.2, -0.15) is 4.98 Å². The first-order valence-electron chi connectivity index (χ1n) is 10.1. The van der Waals surface area contributed by atoms with Crippen LogP contribution in [0.2, 0.25) is 0 Å². The maximum atomic E-state index is 12.9. The summed E-state index contributed by atoms with van der Waals surface area (Å²) in [5.41, 5.74) is 3.02. The summed E-state index contributed by atoms with van der Waals surface area (Å²) < 4.78 is 1.84. The second kappa shape index (κ2) is 8.53. The summed E-state index contributed by atoms with van der Waals surface area (Å²) >= 11 is 1.36. The Balaban J connectivity index is 1.51. The summed E-state index contributed by atoms with van der Waals surface area (Å²) in [4.78, 5) is 38.9. The number of carbonyl (C=O) groups is 1. The molecule has 0 bridgehead atoms. The number of amides is 1. The lowest BCUT2D eigenvalue weighted by Crippen LogP contribution is -2.46. The fourth-order valence-corrected chi connectivity index (χ4v) is 4.57. The Morgan fingerprint density at radius 1 is 1.20 bits per heavy atom. The van der Waals surface area contributed by atoms with Crippen LogP contribution in [0.4, 0.5) is 10.8 Å². The number of likely N-dealkylation sites (N-methyl/N-ethyl adjacent to an activating group) is 1. The average molecular weight is 427 g/mol. The van der Waals surface area contributed by atoms with Crippen LogP contribution in [-0.2, 0) is 11.3 Å². The third kappa shape index (κ3) is 4.22. The number of piperazine rings is 1. The predicted octanol–water partition coefficient (Wildman–Crippen LogP) is 2.25. The number of aromatic nitrogens is 3. The van der Waals surface area contributed by atoms with Gasteiger partial charge in [0.15, 0.2) is 10.8 Å². The van der Waals surface area contributed by atoms with Crippen LogP contribution in [0.3, 0.4) is 0 Å². The van der Waals surface area contributed by atoms with Crippen molar-refractivity contribution in [3.05, 3.63) is 46.0 Å². The number of benzene rings is 1. The van der Waals surface area contributed by atoms with E-state index in [0.717, 1.165) is 54.7 Å². The number of hydrogen-bond acceptors (Lipinski definition) is 7. The lowest BCUT2D eigenvalue weighted by atomic mass is 10.1. The Labute approximate surface area is 179 Å². The van der Waals surface area contributed by atoms with E-state index in [1.165, 1.54) is 22.2 Å². The summed E-state index contributed by atoms with van der Waals surface area (Å²) in [6.45, 7) is 10.8. The van der Waals surface area contributed by atoms with Crippen LogP contribution in [0.25, 0.3) is 10.3 Å². The molecule has 3 heterocycles. The molecule has 1 fully saturated rings. The van der Waals surface area contributed by atoms with Crippen molar-refractivity contribution < 1.29 is 4.79 Å². The van der Waals surface area contributed by atoms with E-state index in [-0.39, 0.29) is 18.0 Å². The zero-order valence-electron chi connectivity index (χ0n) is 17.5. The topological polar surface area (TPSA) is 83.4 Å². The first-order chi connectivity index (χ1) is 14.4. The fraction of sp³-hybridized carbons (Fsp3) is 0.429. The number of hydrogen-bond donors (Lipinski definition) is 1. The SMILES string of the molecule is CCN1CCN(c2nc3ncn(CC(=O)Nc4cc(C)ccc4C)c(=O)c3s2)CC1. The summed E-state index contributed by atoms with van der Waals surface area (Å²) in [7, 11) is 0. The quantitative estimate of drug-likeness (QED) is 0.674. The molecular formula is C21H26N6O2S. The Morgan fingerprint density at radius 2 is 1.97 bits per heavy atom. The molecule has 1 saturated heterocycles. The van der Waals surface area contributed by atoms with Crippen molar-refractivity contribution in [2.24, 2.45) is 0 Å². The van der Waals surface area contributed by atoms with Gasteiger partial charge in [0, 0.05) is 31.9 Å². The van der Waals surface area contributed by atoms with Gasteiger partial charge in [-0.25, -0.2) is 4.98 Å². The molecule has 1 amide bonds. The van der Waals surface area contributed by atoms with Crippen molar-refractivity contribution in [2.45, 2.75) is 27.3 Å². The minimum absolute atomic E-state index is 0.0858. The number of nitrogens with one attached hydrogen (secondary N) is 1. The fourth-order valence-electron chi connectivity index (χ4n) is 3.55. The average Bonchev–Trinajstić information content (AvgIpc) is 3.18. The van der Waals surface area contributed by atoms with Gasteiger partial charge in [-0.05, 0) is 37.6 Å². The van der Waals surface area contributed by atoms with Gasteiger partial charge in [0.2, 0.25) is 5.91 Å². The monoisotopic (exact) mass is 426 g/mol. The summed E-state index contributed by atoms with van der Waals surface area (Å²) in [6.07, 6.45) is 1.41. The number of thiazole rings is 1. The van der Waals surface area contributed by atoms with Crippen molar-refractivity contribution in [1.82, 2.24) is 19.4 Å². The molecule has 3 aromatic rings. The molecule has 1 N–H and O–H groups in total. The maximum absolute atomic E-state index is 12.9. The summed E-state index contributed by atoms with van der Waals surface area (Å²) in [6, 6.07) is 5.88. The molecule has 1 aliphatic rings. The standard InChI is InChI=1S/C21H26N6O2S/c1-4-25-7-9-26(10-8-25)21-24-19-18(30-21)20(29)27(13-22-19)12-17(28)23-16-11-14(2)5-6-15(16)3/h5-6,11,13H,4,7-10,12H2,1-3H3,(H,23,28). The molecule has 4 rings (SSSR count). The lowest BCUT2D eigenvalue weighted by molar-refractivity contribution is -0.116. The molecule has 0 atom stereocenters. The van der Waals surface area contributed by atoms with Crippen molar-refractivity contribution in [3.8, 4) is 0 Å². The van der Waals surface area contributed by atoms with Gasteiger partial charge in [-0.3, -0.25) is 14.2 Å². The highest BCUT2D eigenvalue weighted by Crippen LogP contribution is 2.26. The van der Waals surface area contributed by atoms with E-state index in [2.05, 4.69) is 32.0 Å². The first-order valence-corrected chi connectivity index (χ1v) is 11.0. The minimum Gasteiger partial charge on any atom is -0.345 e. The molecule has 30 heavy (non-hydrogen) atoms. The predicted molar refractivity (Wildman–Crippen MR) is 121 cm³/mol. The Bertz CT molecular complexity index is 1130. The zero-order valence-corrected chi connectivity index (χ0v) is 18.3. The molecule has 0 unspecified atom stereocenters. The third-order valence-electron chi connectivity index (χ3n) is 5.44. The van der Waals surface area contributed by atoms with E-state index in [1.54, 1.807) is 0 Å². The smallest absolute Gasteiger partial charge is 0.273 e. The van der Waals surface area contributed by atoms with Crippen LogP contribution < -0.4 is 15.8 Å². The van der Waals surface area contributed by atoms with E-state index < -0.39 is 0 Å². The Morgan fingerprint density at radius 3 is 2.70 bits per heavy atom. The highest BCUT2D eigenvalue weighted by atomic mass is 32.1. The molecule has 0 saturated carbocycles. The molecule has 0 spiro atoms. The van der Waals surface area contributed by atoms with Gasteiger partial charge in [0.05, 0.1) is 0 Å². The number of anilines is 2. The molecule has 1 aliphatic heterocycles.